The minimum Gasteiger partial charge on any atom is -0.481 e. The van der Waals surface area contributed by atoms with Crippen LogP contribution in [0.2, 0.25) is 0 Å². The molecule has 1 aliphatic heterocycles. The lowest BCUT2D eigenvalue weighted by molar-refractivity contribution is -0.137. The van der Waals surface area contributed by atoms with Gasteiger partial charge in [0.15, 0.2) is 0 Å². The van der Waals surface area contributed by atoms with Crippen LogP contribution < -0.4 is 10.6 Å². The van der Waals surface area contributed by atoms with Crippen molar-refractivity contribution < 1.29 is 19.4 Å². The molecular formula is C11H20N2O4. The van der Waals surface area contributed by atoms with Gasteiger partial charge in [0.1, 0.15) is 0 Å². The Morgan fingerprint density at radius 2 is 2.29 bits per heavy atom. The minimum atomic E-state index is -0.895. The first-order valence-corrected chi connectivity index (χ1v) is 5.98. The summed E-state index contributed by atoms with van der Waals surface area (Å²) in [6.07, 6.45) is 2.28. The Bertz CT molecular complexity index is 264. The second kappa shape index (κ2) is 7.11. The fourth-order valence-corrected chi connectivity index (χ4v) is 1.85. The predicted octanol–water partition coefficient (Wildman–Crippen LogP) is 0.718. The van der Waals surface area contributed by atoms with E-state index in [4.69, 9.17) is 9.84 Å². The van der Waals surface area contributed by atoms with Gasteiger partial charge in [-0.2, -0.15) is 0 Å². The van der Waals surface area contributed by atoms with Crippen LogP contribution in [0.3, 0.4) is 0 Å². The molecule has 98 valence electrons. The summed E-state index contributed by atoms with van der Waals surface area (Å²) in [5, 5.41) is 14.2. The SMILES string of the molecule is CCCC(CC(=O)O)NC(=O)NC1CCOC1. The Hall–Kier alpha value is -1.30. The van der Waals surface area contributed by atoms with Gasteiger partial charge in [0.25, 0.3) is 0 Å². The van der Waals surface area contributed by atoms with Crippen LogP contribution in [0.4, 0.5) is 4.79 Å². The first kappa shape index (κ1) is 13.8. The monoisotopic (exact) mass is 244 g/mol. The normalized spacial score (nSPS) is 20.9. The summed E-state index contributed by atoms with van der Waals surface area (Å²) < 4.78 is 5.14. The highest BCUT2D eigenvalue weighted by Gasteiger charge is 2.20. The van der Waals surface area contributed by atoms with Crippen LogP contribution >= 0.6 is 0 Å². The average Bonchev–Trinajstić information content (AvgIpc) is 2.69. The maximum absolute atomic E-state index is 11.6. The van der Waals surface area contributed by atoms with E-state index >= 15 is 0 Å². The largest absolute Gasteiger partial charge is 0.481 e. The van der Waals surface area contributed by atoms with Gasteiger partial charge in [0.05, 0.1) is 19.1 Å². The molecule has 6 heteroatoms. The average molecular weight is 244 g/mol. The highest BCUT2D eigenvalue weighted by molar-refractivity contribution is 5.76. The summed E-state index contributed by atoms with van der Waals surface area (Å²) in [5.41, 5.74) is 0. The molecular weight excluding hydrogens is 224 g/mol. The molecule has 0 aromatic carbocycles. The summed E-state index contributed by atoms with van der Waals surface area (Å²) in [6, 6.07) is -0.567. The number of urea groups is 1. The zero-order chi connectivity index (χ0) is 12.7. The molecule has 2 unspecified atom stereocenters. The molecule has 2 amide bonds. The van der Waals surface area contributed by atoms with Gasteiger partial charge in [0.2, 0.25) is 0 Å². The first-order valence-electron chi connectivity index (χ1n) is 5.98. The fraction of sp³-hybridized carbons (Fsp3) is 0.818. The van der Waals surface area contributed by atoms with E-state index in [0.29, 0.717) is 19.6 Å². The van der Waals surface area contributed by atoms with Crippen molar-refractivity contribution in [3.63, 3.8) is 0 Å². The molecule has 0 radical (unpaired) electrons. The lowest BCUT2D eigenvalue weighted by Crippen LogP contribution is -2.47. The van der Waals surface area contributed by atoms with Crippen molar-refractivity contribution in [1.29, 1.82) is 0 Å². The van der Waals surface area contributed by atoms with Crippen molar-refractivity contribution >= 4 is 12.0 Å². The molecule has 17 heavy (non-hydrogen) atoms. The van der Waals surface area contributed by atoms with Crippen LogP contribution in [0.15, 0.2) is 0 Å². The molecule has 0 bridgehead atoms. The molecule has 1 heterocycles. The minimum absolute atomic E-state index is 0.0393. The molecule has 1 fully saturated rings. The van der Waals surface area contributed by atoms with Gasteiger partial charge in [-0.3, -0.25) is 4.79 Å². The Morgan fingerprint density at radius 3 is 2.82 bits per heavy atom. The standard InChI is InChI=1S/C11H20N2O4/c1-2-3-8(6-10(14)15)12-11(16)13-9-4-5-17-7-9/h8-9H,2-7H2,1H3,(H,14,15)(H2,12,13,16). The number of carboxylic acid groups (broad SMARTS) is 1. The highest BCUT2D eigenvalue weighted by Crippen LogP contribution is 2.04. The van der Waals surface area contributed by atoms with E-state index in [2.05, 4.69) is 10.6 Å². The third kappa shape index (κ3) is 5.53. The molecule has 2 atom stereocenters. The second-order valence-electron chi connectivity index (χ2n) is 4.26. The van der Waals surface area contributed by atoms with Crippen LogP contribution in [0.1, 0.15) is 32.6 Å². The van der Waals surface area contributed by atoms with Crippen molar-refractivity contribution in [3.8, 4) is 0 Å². The van der Waals surface area contributed by atoms with E-state index in [0.717, 1.165) is 12.8 Å². The van der Waals surface area contributed by atoms with Crippen molar-refractivity contribution in [2.75, 3.05) is 13.2 Å². The van der Waals surface area contributed by atoms with Gasteiger partial charge >= 0.3 is 12.0 Å². The van der Waals surface area contributed by atoms with Gasteiger partial charge in [-0.15, -0.1) is 0 Å². The van der Waals surface area contributed by atoms with Crippen molar-refractivity contribution in [1.82, 2.24) is 10.6 Å². The molecule has 0 aromatic rings. The first-order chi connectivity index (χ1) is 8.11. The predicted molar refractivity (Wildman–Crippen MR) is 61.8 cm³/mol. The van der Waals surface area contributed by atoms with Gasteiger partial charge in [0, 0.05) is 12.6 Å². The van der Waals surface area contributed by atoms with Gasteiger partial charge in [-0.05, 0) is 12.8 Å². The summed E-state index contributed by atoms with van der Waals surface area (Å²) >= 11 is 0. The number of amides is 2. The third-order valence-corrected chi connectivity index (χ3v) is 2.66. The molecule has 0 aromatic heterocycles. The number of carbonyl (C=O) groups is 2. The van der Waals surface area contributed by atoms with Crippen LogP contribution in [0.5, 0.6) is 0 Å². The van der Waals surface area contributed by atoms with Crippen molar-refractivity contribution in [2.45, 2.75) is 44.7 Å². The topological polar surface area (TPSA) is 87.7 Å². The van der Waals surface area contributed by atoms with E-state index in [9.17, 15) is 9.59 Å². The van der Waals surface area contributed by atoms with E-state index < -0.39 is 5.97 Å². The maximum Gasteiger partial charge on any atom is 0.315 e. The highest BCUT2D eigenvalue weighted by atomic mass is 16.5. The lowest BCUT2D eigenvalue weighted by atomic mass is 10.1. The summed E-state index contributed by atoms with van der Waals surface area (Å²) in [6.45, 7) is 3.16. The molecule has 1 saturated heterocycles. The Kier molecular flexibility index (Phi) is 5.76. The number of ether oxygens (including phenoxy) is 1. The number of rotatable bonds is 6. The Labute approximate surface area is 101 Å². The van der Waals surface area contributed by atoms with Crippen molar-refractivity contribution in [2.24, 2.45) is 0 Å². The number of hydrogen-bond donors (Lipinski definition) is 3. The second-order valence-corrected chi connectivity index (χ2v) is 4.26. The zero-order valence-corrected chi connectivity index (χ0v) is 10.1. The van der Waals surface area contributed by atoms with E-state index in [1.165, 1.54) is 0 Å². The van der Waals surface area contributed by atoms with Gasteiger partial charge in [-0.25, -0.2) is 4.79 Å². The van der Waals surface area contributed by atoms with Crippen LogP contribution in [0, 0.1) is 0 Å². The number of carbonyl (C=O) groups excluding carboxylic acids is 1. The number of hydrogen-bond acceptors (Lipinski definition) is 3. The Balaban J connectivity index is 2.31. The van der Waals surface area contributed by atoms with Crippen LogP contribution in [-0.2, 0) is 9.53 Å². The van der Waals surface area contributed by atoms with Gasteiger partial charge in [-0.1, -0.05) is 13.3 Å². The molecule has 0 spiro atoms. The molecule has 0 saturated carbocycles. The Morgan fingerprint density at radius 1 is 1.53 bits per heavy atom. The molecule has 3 N–H and O–H groups in total. The number of carboxylic acids is 1. The fourth-order valence-electron chi connectivity index (χ4n) is 1.85. The van der Waals surface area contributed by atoms with Crippen LogP contribution in [0.25, 0.3) is 0 Å². The molecule has 6 nitrogen and oxygen atoms in total. The van der Waals surface area contributed by atoms with Gasteiger partial charge < -0.3 is 20.5 Å². The summed E-state index contributed by atoms with van der Waals surface area (Å²) in [5.74, 6) is -0.895. The van der Waals surface area contributed by atoms with E-state index in [1.54, 1.807) is 0 Å². The molecule has 1 rings (SSSR count). The van der Waals surface area contributed by atoms with E-state index in [1.807, 2.05) is 6.92 Å². The third-order valence-electron chi connectivity index (χ3n) is 2.66. The number of nitrogens with one attached hydrogen (secondary N) is 2. The summed E-state index contributed by atoms with van der Waals surface area (Å²) in [4.78, 5) is 22.2. The smallest absolute Gasteiger partial charge is 0.315 e. The lowest BCUT2D eigenvalue weighted by Gasteiger charge is -2.18. The zero-order valence-electron chi connectivity index (χ0n) is 10.1. The van der Waals surface area contributed by atoms with E-state index in [-0.39, 0.29) is 24.5 Å². The molecule has 1 aliphatic rings. The molecule has 0 aliphatic carbocycles. The quantitative estimate of drug-likeness (QED) is 0.642. The summed E-state index contributed by atoms with van der Waals surface area (Å²) in [7, 11) is 0. The maximum atomic E-state index is 11.6. The van der Waals surface area contributed by atoms with Crippen LogP contribution in [-0.4, -0.2) is 42.4 Å². The van der Waals surface area contributed by atoms with Crippen molar-refractivity contribution in [3.05, 3.63) is 0 Å². The number of aliphatic carboxylic acids is 1.